The quantitative estimate of drug-likeness (QED) is 0.166. The number of fused-ring (bicyclic) bond motifs is 5. The monoisotopic (exact) mass is 919 g/mol. The summed E-state index contributed by atoms with van der Waals surface area (Å²) in [7, 11) is 2.22. The van der Waals surface area contributed by atoms with Crippen LogP contribution in [0.25, 0.3) is 89.9 Å². The minimum Gasteiger partial charge on any atom is -0.364 e. The van der Waals surface area contributed by atoms with Gasteiger partial charge < -0.3 is 9.47 Å². The first-order valence-electron chi connectivity index (χ1n) is 25.3. The van der Waals surface area contributed by atoms with Crippen molar-refractivity contribution in [2.45, 2.75) is 66.8 Å². The molecule has 1 unspecified atom stereocenters. The standard InChI is InChI=1S/C59H49N3.C7H6.C2H6/c1-38-16-11-12-21-47(38)50-34-41(27-26-39(50)2)42-28-30-54-52(35-42)51(43-17-15-18-45(33-43)59-32-40(3)48-22-13-14-24-56(48)61(59)4)37-55(60-54)44-29-31-58-53(36-44)49-23-9-6-10-25-57(49)62(58)46-19-7-5-8-20-46;1-7-5-3-2-4-6-7;1-2/h7,9-37,59H,5-6,8H2,1-4H3;3,5-6H,1H3;1-2H3. The molecule has 0 spiro atoms. The van der Waals surface area contributed by atoms with Gasteiger partial charge in [-0.2, -0.15) is 0 Å². The van der Waals surface area contributed by atoms with Crippen molar-refractivity contribution in [2.75, 3.05) is 11.9 Å². The van der Waals surface area contributed by atoms with Crippen molar-refractivity contribution in [3.63, 3.8) is 0 Å². The summed E-state index contributed by atoms with van der Waals surface area (Å²) in [6.07, 6.45) is 21.6. The van der Waals surface area contributed by atoms with Gasteiger partial charge in [0, 0.05) is 45.9 Å². The Morgan fingerprint density at radius 2 is 1.34 bits per heavy atom. The second-order valence-corrected chi connectivity index (χ2v) is 18.7. The van der Waals surface area contributed by atoms with Gasteiger partial charge in [0.15, 0.2) is 0 Å². The molecule has 12 rings (SSSR count). The highest BCUT2D eigenvalue weighted by molar-refractivity contribution is 6.02. The maximum atomic E-state index is 5.47. The summed E-state index contributed by atoms with van der Waals surface area (Å²) in [5.41, 5.74) is 24.2. The van der Waals surface area contributed by atoms with Crippen LogP contribution in [0, 0.1) is 32.9 Å². The van der Waals surface area contributed by atoms with Gasteiger partial charge in [0.05, 0.1) is 28.5 Å². The van der Waals surface area contributed by atoms with E-state index in [2.05, 4.69) is 231 Å². The Morgan fingerprint density at radius 1 is 0.577 bits per heavy atom. The van der Waals surface area contributed by atoms with Crippen LogP contribution < -0.4 is 4.90 Å². The van der Waals surface area contributed by atoms with Crippen LogP contribution in [0.2, 0.25) is 0 Å². The van der Waals surface area contributed by atoms with E-state index in [1.54, 1.807) is 0 Å². The molecule has 2 aromatic heterocycles. The van der Waals surface area contributed by atoms with E-state index in [-0.39, 0.29) is 6.04 Å². The normalized spacial score (nSPS) is 14.5. The number of anilines is 1. The van der Waals surface area contributed by atoms with Gasteiger partial charge >= 0.3 is 0 Å². The molecule has 3 heteroatoms. The second kappa shape index (κ2) is 20.4. The van der Waals surface area contributed by atoms with E-state index in [4.69, 9.17) is 4.98 Å². The summed E-state index contributed by atoms with van der Waals surface area (Å²) in [6.45, 7) is 12.7. The minimum absolute atomic E-state index is 0.110. The molecule has 348 valence electrons. The number of aryl methyl sites for hydroxylation is 3. The van der Waals surface area contributed by atoms with Crippen molar-refractivity contribution in [3.8, 4) is 44.6 Å². The number of para-hydroxylation sites is 1. The van der Waals surface area contributed by atoms with Gasteiger partial charge in [-0.3, -0.25) is 0 Å². The van der Waals surface area contributed by atoms with Crippen LogP contribution in [0.1, 0.15) is 85.2 Å². The van der Waals surface area contributed by atoms with Gasteiger partial charge in [-0.15, -0.1) is 0 Å². The largest absolute Gasteiger partial charge is 0.364 e. The lowest BCUT2D eigenvalue weighted by Gasteiger charge is -2.34. The topological polar surface area (TPSA) is 21.1 Å². The van der Waals surface area contributed by atoms with Crippen LogP contribution in [0.4, 0.5) is 5.69 Å². The summed E-state index contributed by atoms with van der Waals surface area (Å²) in [4.78, 5) is 7.88. The number of rotatable bonds is 6. The fourth-order valence-corrected chi connectivity index (χ4v) is 10.4. The SMILES string of the molecule is CC.CC1=CC(c2cccc(-c3cc(-c4ccc5c(c4)c4c(n5C5=CCCC=C5)C=CCC=C4)nc4ccc(-c5ccc(C)c(-c6ccccc6C)c5)cc34)c2)N(C)c2ccccc21.Cc1cc#ccc1. The van der Waals surface area contributed by atoms with Crippen molar-refractivity contribution in [1.29, 1.82) is 0 Å². The average Bonchev–Trinajstić information content (AvgIpc) is 3.52. The van der Waals surface area contributed by atoms with Crippen molar-refractivity contribution < 1.29 is 0 Å². The first-order valence-corrected chi connectivity index (χ1v) is 25.3. The highest BCUT2D eigenvalue weighted by Crippen LogP contribution is 2.43. The zero-order valence-electron chi connectivity index (χ0n) is 42.1. The molecule has 3 aliphatic rings. The van der Waals surface area contributed by atoms with Crippen LogP contribution in [-0.2, 0) is 0 Å². The third-order valence-corrected chi connectivity index (χ3v) is 14.1. The Hall–Kier alpha value is -8.19. The number of hydrogen-bond donors (Lipinski definition) is 0. The van der Waals surface area contributed by atoms with E-state index in [1.807, 2.05) is 39.0 Å². The maximum Gasteiger partial charge on any atom is 0.0729 e. The Balaban J connectivity index is 0.000000591. The minimum atomic E-state index is 0.110. The predicted octanol–water partition coefficient (Wildman–Crippen LogP) is 18.3. The molecule has 0 bridgehead atoms. The van der Waals surface area contributed by atoms with Crippen LogP contribution in [0.15, 0.2) is 188 Å². The number of allylic oxidation sites excluding steroid dienone is 7. The lowest BCUT2D eigenvalue weighted by Crippen LogP contribution is -2.26. The molecule has 9 aromatic rings. The van der Waals surface area contributed by atoms with Gasteiger partial charge in [-0.25, -0.2) is 4.98 Å². The number of nitrogens with zero attached hydrogens (tertiary/aromatic N) is 3. The molecule has 0 saturated carbocycles. The summed E-state index contributed by atoms with van der Waals surface area (Å²) in [5.74, 6) is 0. The van der Waals surface area contributed by atoms with Crippen molar-refractivity contribution in [3.05, 3.63) is 239 Å². The summed E-state index contributed by atoms with van der Waals surface area (Å²) >= 11 is 0. The molecular weight excluding hydrogens is 859 g/mol. The predicted molar refractivity (Wildman–Crippen MR) is 305 cm³/mol. The first-order chi connectivity index (χ1) is 34.8. The first kappa shape index (κ1) is 46.5. The van der Waals surface area contributed by atoms with Gasteiger partial charge in [-0.05, 0) is 181 Å². The van der Waals surface area contributed by atoms with Gasteiger partial charge in [0.25, 0.3) is 0 Å². The molecule has 1 atom stereocenters. The van der Waals surface area contributed by atoms with Gasteiger partial charge in [-0.1, -0.05) is 153 Å². The zero-order valence-corrected chi connectivity index (χ0v) is 42.1. The molecule has 1 aliphatic heterocycles. The Kier molecular flexibility index (Phi) is 13.4. The molecule has 0 fully saturated rings. The number of pyridine rings is 1. The highest BCUT2D eigenvalue weighted by atomic mass is 15.1. The fraction of sp³-hybridized carbons (Fsp3) is 0.162. The Morgan fingerprint density at radius 3 is 2.13 bits per heavy atom. The number of likely N-dealkylation sites (N-methyl/N-ethyl adjacent to an activating group) is 1. The number of aromatic nitrogens is 2. The van der Waals surface area contributed by atoms with E-state index < -0.39 is 0 Å². The van der Waals surface area contributed by atoms with Crippen LogP contribution >= 0.6 is 0 Å². The third kappa shape index (κ3) is 9.23. The molecule has 0 N–H and O–H groups in total. The maximum absolute atomic E-state index is 5.47. The molecular formula is C68H61N3. The average molecular weight is 920 g/mol. The molecule has 0 saturated heterocycles. The lowest BCUT2D eigenvalue weighted by atomic mass is 9.89. The van der Waals surface area contributed by atoms with E-state index in [0.29, 0.717) is 0 Å². The smallest absolute Gasteiger partial charge is 0.0729 e. The number of hydrogen-bond acceptors (Lipinski definition) is 2. The third-order valence-electron chi connectivity index (χ3n) is 14.1. The molecule has 3 nitrogen and oxygen atoms in total. The van der Waals surface area contributed by atoms with E-state index in [0.717, 1.165) is 41.4 Å². The Labute approximate surface area is 421 Å². The second-order valence-electron chi connectivity index (χ2n) is 18.7. The van der Waals surface area contributed by atoms with Crippen LogP contribution in [0.5, 0.6) is 0 Å². The summed E-state index contributed by atoms with van der Waals surface area (Å²) in [6, 6.07) is 61.1. The van der Waals surface area contributed by atoms with Crippen molar-refractivity contribution in [2.24, 2.45) is 0 Å². The number of benzene rings is 6. The van der Waals surface area contributed by atoms with E-state index >= 15 is 0 Å². The van der Waals surface area contributed by atoms with Crippen molar-refractivity contribution >= 4 is 50.9 Å². The molecule has 0 amide bonds. The molecule has 0 radical (unpaired) electrons. The summed E-state index contributed by atoms with van der Waals surface area (Å²) in [5, 5.41) is 2.38. The fourth-order valence-electron chi connectivity index (χ4n) is 10.4. The van der Waals surface area contributed by atoms with E-state index in [1.165, 1.54) is 100 Å². The van der Waals surface area contributed by atoms with Crippen LogP contribution in [-0.4, -0.2) is 16.6 Å². The molecule has 71 heavy (non-hydrogen) atoms. The highest BCUT2D eigenvalue weighted by Gasteiger charge is 2.25. The van der Waals surface area contributed by atoms with Gasteiger partial charge in [0.2, 0.25) is 0 Å². The molecule has 2 aliphatic carbocycles. The summed E-state index contributed by atoms with van der Waals surface area (Å²) < 4.78 is 2.44. The molecule has 7 aromatic carbocycles. The van der Waals surface area contributed by atoms with Crippen LogP contribution in [0.3, 0.4) is 0 Å². The zero-order chi connectivity index (χ0) is 49.0. The lowest BCUT2D eigenvalue weighted by molar-refractivity contribution is 0.800. The molecule has 3 heterocycles. The van der Waals surface area contributed by atoms with E-state index in [9.17, 15) is 0 Å². The van der Waals surface area contributed by atoms with Gasteiger partial charge in [0.1, 0.15) is 0 Å². The van der Waals surface area contributed by atoms with Crippen molar-refractivity contribution in [1.82, 2.24) is 9.55 Å². The Bertz CT molecular complexity index is 3590.